The number of hydrogen-bond acceptors (Lipinski definition) is 5. The minimum absolute atomic E-state index is 0.211. The molecule has 162 valence electrons. The van der Waals surface area contributed by atoms with Gasteiger partial charge in [0.2, 0.25) is 0 Å². The fourth-order valence-electron chi connectivity index (χ4n) is 4.29. The molecule has 0 radical (unpaired) electrons. The van der Waals surface area contributed by atoms with Gasteiger partial charge in [0.15, 0.2) is 11.5 Å². The summed E-state index contributed by atoms with van der Waals surface area (Å²) < 4.78 is 10.7. The Labute approximate surface area is 197 Å². The van der Waals surface area contributed by atoms with Crippen molar-refractivity contribution < 1.29 is 14.3 Å². The van der Waals surface area contributed by atoms with Gasteiger partial charge in [0, 0.05) is 16.1 Å². The summed E-state index contributed by atoms with van der Waals surface area (Å²) in [5, 5.41) is 0.990. The molecule has 1 aliphatic carbocycles. The molecule has 4 rings (SSSR count). The number of amides is 1. The smallest absolute Gasteiger partial charge is 0.261 e. The van der Waals surface area contributed by atoms with Crippen molar-refractivity contribution >= 4 is 52.0 Å². The lowest BCUT2D eigenvalue weighted by molar-refractivity contribution is 0.0648. The first-order chi connectivity index (χ1) is 14.9. The third kappa shape index (κ3) is 3.93. The molecule has 0 unspecified atom stereocenters. The van der Waals surface area contributed by atoms with Crippen LogP contribution in [0.3, 0.4) is 0 Å². The molecule has 0 aromatic heterocycles. The Morgan fingerprint density at radius 1 is 1.03 bits per heavy atom. The lowest BCUT2D eigenvalue weighted by Gasteiger charge is -2.38. The van der Waals surface area contributed by atoms with E-state index in [2.05, 4.69) is 0 Å². The first-order valence-corrected chi connectivity index (χ1v) is 11.2. The van der Waals surface area contributed by atoms with Gasteiger partial charge >= 0.3 is 0 Å². The highest BCUT2D eigenvalue weighted by Crippen LogP contribution is 2.42. The maximum absolute atomic E-state index is 13.7. The number of carbonyl (C=O) groups is 1. The molecule has 1 fully saturated rings. The second-order valence-corrected chi connectivity index (χ2v) is 8.87. The molecule has 0 saturated heterocycles. The fourth-order valence-corrected chi connectivity index (χ4v) is 5.20. The average molecular weight is 477 g/mol. The van der Waals surface area contributed by atoms with Crippen molar-refractivity contribution in [2.24, 2.45) is 4.99 Å². The van der Waals surface area contributed by atoms with Crippen LogP contribution < -0.4 is 9.47 Å². The van der Waals surface area contributed by atoms with Gasteiger partial charge in [0.25, 0.3) is 5.91 Å². The van der Waals surface area contributed by atoms with Gasteiger partial charge in [-0.15, -0.1) is 0 Å². The number of rotatable bonds is 4. The van der Waals surface area contributed by atoms with E-state index in [1.807, 2.05) is 0 Å². The highest BCUT2D eigenvalue weighted by atomic mass is 35.5. The van der Waals surface area contributed by atoms with Crippen LogP contribution in [0.15, 0.2) is 41.4 Å². The fraction of sp³-hybridized carbons (Fsp3) is 0.348. The minimum Gasteiger partial charge on any atom is -0.493 e. The second-order valence-electron chi connectivity index (χ2n) is 7.64. The number of benzene rings is 2. The Hall–Kier alpha value is -2.15. The van der Waals surface area contributed by atoms with Crippen molar-refractivity contribution in [1.82, 2.24) is 4.90 Å². The standard InChI is InChI=1S/C23H22Cl2N2O3S/c1-29-18-9-6-14(12-19(18)30-2)21(28)27-22(31)20(16-8-7-15(24)13-17(16)25)26-23(27)10-4-3-5-11-23/h6-9,12-13H,3-5,10-11H2,1-2H3. The van der Waals surface area contributed by atoms with E-state index in [9.17, 15) is 4.79 Å². The van der Waals surface area contributed by atoms with Crippen LogP contribution >= 0.6 is 35.4 Å². The second kappa shape index (κ2) is 8.77. The third-order valence-corrected chi connectivity index (χ3v) is 6.74. The van der Waals surface area contributed by atoms with E-state index < -0.39 is 5.66 Å². The van der Waals surface area contributed by atoms with Gasteiger partial charge in [-0.3, -0.25) is 14.7 Å². The summed E-state index contributed by atoms with van der Waals surface area (Å²) in [6.45, 7) is 0. The van der Waals surface area contributed by atoms with Crippen LogP contribution in [0.25, 0.3) is 0 Å². The van der Waals surface area contributed by atoms with Crippen molar-refractivity contribution in [2.45, 2.75) is 37.8 Å². The van der Waals surface area contributed by atoms with E-state index in [1.165, 1.54) is 0 Å². The molecule has 1 spiro atoms. The summed E-state index contributed by atoms with van der Waals surface area (Å²) in [7, 11) is 3.10. The zero-order valence-electron chi connectivity index (χ0n) is 17.3. The first-order valence-electron chi connectivity index (χ1n) is 10.1. The Morgan fingerprint density at radius 3 is 2.39 bits per heavy atom. The number of methoxy groups -OCH3 is 2. The van der Waals surface area contributed by atoms with Crippen molar-refractivity contribution in [3.05, 3.63) is 57.6 Å². The molecule has 1 saturated carbocycles. The van der Waals surface area contributed by atoms with Gasteiger partial charge in [0.1, 0.15) is 16.4 Å². The van der Waals surface area contributed by atoms with E-state index in [0.29, 0.717) is 43.4 Å². The molecule has 31 heavy (non-hydrogen) atoms. The monoisotopic (exact) mass is 476 g/mol. The molecule has 1 aliphatic heterocycles. The van der Waals surface area contributed by atoms with Crippen LogP contribution in [0.1, 0.15) is 48.0 Å². The van der Waals surface area contributed by atoms with Gasteiger partial charge in [-0.25, -0.2) is 0 Å². The first kappa shape index (κ1) is 22.1. The van der Waals surface area contributed by atoms with Crippen molar-refractivity contribution in [3.8, 4) is 11.5 Å². The van der Waals surface area contributed by atoms with E-state index in [-0.39, 0.29) is 5.91 Å². The van der Waals surface area contributed by atoms with Gasteiger partial charge in [-0.05, 0) is 62.1 Å². The highest BCUT2D eigenvalue weighted by molar-refractivity contribution is 7.82. The summed E-state index contributed by atoms with van der Waals surface area (Å²) in [4.78, 5) is 20.8. The summed E-state index contributed by atoms with van der Waals surface area (Å²) >= 11 is 18.3. The molecule has 8 heteroatoms. The van der Waals surface area contributed by atoms with Crippen molar-refractivity contribution in [2.75, 3.05) is 14.2 Å². The normalized spacial score (nSPS) is 17.6. The third-order valence-electron chi connectivity index (χ3n) is 5.82. The van der Waals surface area contributed by atoms with E-state index in [4.69, 9.17) is 49.9 Å². The largest absolute Gasteiger partial charge is 0.493 e. The maximum Gasteiger partial charge on any atom is 0.261 e. The summed E-state index contributed by atoms with van der Waals surface area (Å²) in [5.41, 5.74) is 1.01. The number of thiocarbonyl (C=S) groups is 1. The Bertz CT molecular complexity index is 1080. The molecule has 0 bridgehead atoms. The topological polar surface area (TPSA) is 51.1 Å². The summed E-state index contributed by atoms with van der Waals surface area (Å²) in [6.07, 6.45) is 4.56. The van der Waals surface area contributed by atoms with Crippen LogP contribution in [0, 0.1) is 0 Å². The highest BCUT2D eigenvalue weighted by Gasteiger charge is 2.49. The predicted octanol–water partition coefficient (Wildman–Crippen LogP) is 5.94. The van der Waals surface area contributed by atoms with Gasteiger partial charge < -0.3 is 9.47 Å². The van der Waals surface area contributed by atoms with Crippen LogP contribution in [0.4, 0.5) is 0 Å². The van der Waals surface area contributed by atoms with Gasteiger partial charge in [-0.2, -0.15) is 0 Å². The van der Waals surface area contributed by atoms with Crippen molar-refractivity contribution in [3.63, 3.8) is 0 Å². The molecule has 2 aromatic rings. The molecule has 2 aliphatic rings. The number of ether oxygens (including phenoxy) is 2. The molecule has 1 amide bonds. The van der Waals surface area contributed by atoms with Crippen molar-refractivity contribution in [1.29, 1.82) is 0 Å². The van der Waals surface area contributed by atoms with Crippen LogP contribution in [0.2, 0.25) is 10.0 Å². The molecule has 2 aromatic carbocycles. The molecular formula is C23H22Cl2N2O3S. The Balaban J connectivity index is 1.78. The number of hydrogen-bond donors (Lipinski definition) is 0. The number of carbonyl (C=O) groups excluding carboxylic acids is 1. The predicted molar refractivity (Wildman–Crippen MR) is 127 cm³/mol. The zero-order chi connectivity index (χ0) is 22.2. The van der Waals surface area contributed by atoms with Crippen LogP contribution in [-0.2, 0) is 0 Å². The summed E-state index contributed by atoms with van der Waals surface area (Å²) in [6, 6.07) is 10.3. The van der Waals surface area contributed by atoms with Gasteiger partial charge in [-0.1, -0.05) is 41.8 Å². The molecule has 0 atom stereocenters. The van der Waals surface area contributed by atoms with E-state index in [0.717, 1.165) is 32.1 Å². The summed E-state index contributed by atoms with van der Waals surface area (Å²) in [5.74, 6) is 0.829. The zero-order valence-corrected chi connectivity index (χ0v) is 19.6. The SMILES string of the molecule is COc1ccc(C(=O)N2C(=S)C(c3ccc(Cl)cc3Cl)=NC23CCCCC3)cc1OC. The average Bonchev–Trinajstić information content (AvgIpc) is 3.04. The van der Waals surface area contributed by atoms with Crippen LogP contribution in [-0.4, -0.2) is 41.4 Å². The Kier molecular flexibility index (Phi) is 6.24. The van der Waals surface area contributed by atoms with E-state index >= 15 is 0 Å². The maximum atomic E-state index is 13.7. The molecule has 1 heterocycles. The lowest BCUT2D eigenvalue weighted by Crippen LogP contribution is -2.50. The van der Waals surface area contributed by atoms with Gasteiger partial charge in [0.05, 0.1) is 19.2 Å². The molecular weight excluding hydrogens is 455 g/mol. The molecule has 0 N–H and O–H groups in total. The number of nitrogens with zero attached hydrogens (tertiary/aromatic N) is 2. The number of aliphatic imine (C=N–C) groups is 1. The van der Waals surface area contributed by atoms with E-state index in [1.54, 1.807) is 55.5 Å². The lowest BCUT2D eigenvalue weighted by atomic mass is 9.88. The quantitative estimate of drug-likeness (QED) is 0.512. The molecule has 5 nitrogen and oxygen atoms in total. The minimum atomic E-state index is -0.697. The van der Waals surface area contributed by atoms with Crippen LogP contribution in [0.5, 0.6) is 11.5 Å². The Morgan fingerprint density at radius 2 is 1.74 bits per heavy atom. The number of halogens is 2.